The number of hydrogen-bond donors (Lipinski definition) is 2. The monoisotopic (exact) mass is 356 g/mol. The molecule has 0 radical (unpaired) electrons. The number of carbonyl (C=O) groups is 1. The van der Waals surface area contributed by atoms with E-state index >= 15 is 0 Å². The summed E-state index contributed by atoms with van der Waals surface area (Å²) in [4.78, 5) is 11.9. The van der Waals surface area contributed by atoms with Crippen molar-refractivity contribution in [1.29, 1.82) is 0 Å². The van der Waals surface area contributed by atoms with Gasteiger partial charge in [0.05, 0.1) is 4.47 Å². The molecular weight excluding hydrogens is 332 g/mol. The summed E-state index contributed by atoms with van der Waals surface area (Å²) in [5.74, 6) is 0.564. The van der Waals surface area contributed by atoms with Gasteiger partial charge in [-0.05, 0) is 61.2 Å². The molecule has 0 aliphatic rings. The maximum absolute atomic E-state index is 11.9. The third-order valence-electron chi connectivity index (χ3n) is 2.92. The average Bonchev–Trinajstić information content (AvgIpc) is 2.35. The van der Waals surface area contributed by atoms with Crippen LogP contribution in [-0.4, -0.2) is 24.1 Å². The van der Waals surface area contributed by atoms with E-state index in [1.54, 1.807) is 0 Å². The highest BCUT2D eigenvalue weighted by atomic mass is 79.9. The van der Waals surface area contributed by atoms with Crippen LogP contribution in [-0.2, 0) is 11.2 Å². The van der Waals surface area contributed by atoms with Crippen LogP contribution in [0, 0.1) is 0 Å². The van der Waals surface area contributed by atoms with E-state index < -0.39 is 0 Å². The Hall–Kier alpha value is -1.07. The lowest BCUT2D eigenvalue weighted by Gasteiger charge is -2.21. The molecule has 0 spiro atoms. The molecule has 0 bridgehead atoms. The van der Waals surface area contributed by atoms with Crippen molar-refractivity contribution < 1.29 is 9.53 Å². The Bertz CT molecular complexity index is 484. The standard InChI is InChI=1S/C16H25BrN2O2/c1-5-12(18)9-11-7-6-8-13(17)15(11)21-10-14(20)19-16(2,3)4/h6-8,12H,5,9-10,18H2,1-4H3,(H,19,20). The Morgan fingerprint density at radius 1 is 1.43 bits per heavy atom. The lowest BCUT2D eigenvalue weighted by Crippen LogP contribution is -2.43. The molecule has 1 rings (SSSR count). The van der Waals surface area contributed by atoms with E-state index in [1.165, 1.54) is 0 Å². The Morgan fingerprint density at radius 3 is 2.67 bits per heavy atom. The van der Waals surface area contributed by atoms with Crippen molar-refractivity contribution in [2.75, 3.05) is 6.61 Å². The van der Waals surface area contributed by atoms with Crippen molar-refractivity contribution in [2.24, 2.45) is 5.73 Å². The molecule has 0 aliphatic heterocycles. The fraction of sp³-hybridized carbons (Fsp3) is 0.562. The quantitative estimate of drug-likeness (QED) is 0.823. The maximum atomic E-state index is 11.9. The van der Waals surface area contributed by atoms with Crippen LogP contribution in [0.25, 0.3) is 0 Å². The van der Waals surface area contributed by atoms with Crippen LogP contribution in [0.2, 0.25) is 0 Å². The first kappa shape index (κ1) is 18.0. The van der Waals surface area contributed by atoms with Gasteiger partial charge in [0.15, 0.2) is 6.61 Å². The van der Waals surface area contributed by atoms with Crippen LogP contribution in [0.5, 0.6) is 5.75 Å². The zero-order chi connectivity index (χ0) is 16.0. The molecule has 4 nitrogen and oxygen atoms in total. The Balaban J connectivity index is 2.76. The Labute approximate surface area is 135 Å². The van der Waals surface area contributed by atoms with E-state index in [4.69, 9.17) is 10.5 Å². The zero-order valence-corrected chi connectivity index (χ0v) is 14.8. The third kappa shape index (κ3) is 6.48. The van der Waals surface area contributed by atoms with E-state index in [9.17, 15) is 4.79 Å². The van der Waals surface area contributed by atoms with Crippen molar-refractivity contribution in [1.82, 2.24) is 5.32 Å². The highest BCUT2D eigenvalue weighted by molar-refractivity contribution is 9.10. The summed E-state index contributed by atoms with van der Waals surface area (Å²) in [6.45, 7) is 7.87. The van der Waals surface area contributed by atoms with Gasteiger partial charge >= 0.3 is 0 Å². The number of nitrogens with one attached hydrogen (secondary N) is 1. The van der Waals surface area contributed by atoms with Crippen LogP contribution in [0.1, 0.15) is 39.7 Å². The summed E-state index contributed by atoms with van der Waals surface area (Å²) in [5.41, 5.74) is 6.77. The first-order valence-electron chi connectivity index (χ1n) is 7.19. The molecule has 1 aromatic carbocycles. The second-order valence-corrected chi connectivity index (χ2v) is 7.04. The van der Waals surface area contributed by atoms with Gasteiger partial charge in [-0.15, -0.1) is 0 Å². The van der Waals surface area contributed by atoms with Crippen LogP contribution >= 0.6 is 15.9 Å². The average molecular weight is 357 g/mol. The van der Waals surface area contributed by atoms with Gasteiger partial charge in [-0.25, -0.2) is 0 Å². The fourth-order valence-electron chi connectivity index (χ4n) is 1.89. The molecule has 118 valence electrons. The minimum atomic E-state index is -0.262. The molecule has 0 heterocycles. The number of amides is 1. The number of hydrogen-bond acceptors (Lipinski definition) is 3. The highest BCUT2D eigenvalue weighted by Crippen LogP contribution is 2.30. The molecule has 3 N–H and O–H groups in total. The van der Waals surface area contributed by atoms with E-state index in [1.807, 2.05) is 39.0 Å². The molecule has 1 atom stereocenters. The van der Waals surface area contributed by atoms with Crippen LogP contribution in [0.4, 0.5) is 0 Å². The minimum absolute atomic E-state index is 0.00571. The van der Waals surface area contributed by atoms with Gasteiger partial charge in [-0.1, -0.05) is 19.1 Å². The fourth-order valence-corrected chi connectivity index (χ4v) is 2.42. The molecule has 21 heavy (non-hydrogen) atoms. The van der Waals surface area contributed by atoms with E-state index in [-0.39, 0.29) is 24.1 Å². The number of halogens is 1. The summed E-state index contributed by atoms with van der Waals surface area (Å²) in [6.07, 6.45) is 1.63. The van der Waals surface area contributed by atoms with Crippen molar-refractivity contribution in [3.05, 3.63) is 28.2 Å². The van der Waals surface area contributed by atoms with Crippen LogP contribution in [0.3, 0.4) is 0 Å². The summed E-state index contributed by atoms with van der Waals surface area (Å²) < 4.78 is 6.55. The largest absolute Gasteiger partial charge is 0.482 e. The van der Waals surface area contributed by atoms with Crippen molar-refractivity contribution in [2.45, 2.75) is 52.1 Å². The number of benzene rings is 1. The maximum Gasteiger partial charge on any atom is 0.258 e. The molecule has 0 saturated carbocycles. The SMILES string of the molecule is CCC(N)Cc1cccc(Br)c1OCC(=O)NC(C)(C)C. The molecule has 0 saturated heterocycles. The molecule has 0 fully saturated rings. The number of para-hydroxylation sites is 1. The van der Waals surface area contributed by atoms with Crippen molar-refractivity contribution in [3.63, 3.8) is 0 Å². The highest BCUT2D eigenvalue weighted by Gasteiger charge is 2.16. The predicted octanol–water partition coefficient (Wildman–Crippen LogP) is 3.02. The second kappa shape index (κ2) is 7.80. The summed E-state index contributed by atoms with van der Waals surface area (Å²) in [6, 6.07) is 5.92. The van der Waals surface area contributed by atoms with Gasteiger partial charge in [-0.3, -0.25) is 4.79 Å². The predicted molar refractivity (Wildman–Crippen MR) is 89.5 cm³/mol. The van der Waals surface area contributed by atoms with Gasteiger partial charge in [0.2, 0.25) is 0 Å². The van der Waals surface area contributed by atoms with Gasteiger partial charge in [0, 0.05) is 11.6 Å². The number of rotatable bonds is 6. The number of carbonyl (C=O) groups excluding carboxylic acids is 1. The zero-order valence-electron chi connectivity index (χ0n) is 13.2. The smallest absolute Gasteiger partial charge is 0.258 e. The topological polar surface area (TPSA) is 64.3 Å². The minimum Gasteiger partial charge on any atom is -0.482 e. The van der Waals surface area contributed by atoms with Crippen LogP contribution in [0.15, 0.2) is 22.7 Å². The third-order valence-corrected chi connectivity index (χ3v) is 3.54. The molecule has 5 heteroatoms. The lowest BCUT2D eigenvalue weighted by atomic mass is 10.0. The Kier molecular flexibility index (Phi) is 6.68. The molecule has 1 amide bonds. The summed E-state index contributed by atoms with van der Waals surface area (Å²) in [5, 5.41) is 2.88. The molecule has 1 aromatic rings. The van der Waals surface area contributed by atoms with Gasteiger partial charge in [0.1, 0.15) is 5.75 Å². The van der Waals surface area contributed by atoms with Crippen molar-refractivity contribution >= 4 is 21.8 Å². The summed E-state index contributed by atoms with van der Waals surface area (Å²) >= 11 is 3.47. The molecular formula is C16H25BrN2O2. The molecule has 0 aromatic heterocycles. The van der Waals surface area contributed by atoms with E-state index in [0.717, 1.165) is 22.9 Å². The first-order valence-corrected chi connectivity index (χ1v) is 7.99. The molecule has 0 aliphatic carbocycles. The van der Waals surface area contributed by atoms with Crippen molar-refractivity contribution in [3.8, 4) is 5.75 Å². The molecule has 1 unspecified atom stereocenters. The summed E-state index contributed by atoms with van der Waals surface area (Å²) in [7, 11) is 0. The number of nitrogens with two attached hydrogens (primary N) is 1. The van der Waals surface area contributed by atoms with Crippen LogP contribution < -0.4 is 15.8 Å². The number of ether oxygens (including phenoxy) is 1. The normalized spacial score (nSPS) is 12.9. The lowest BCUT2D eigenvalue weighted by molar-refractivity contribution is -0.124. The van der Waals surface area contributed by atoms with E-state index in [0.29, 0.717) is 5.75 Å². The van der Waals surface area contributed by atoms with Gasteiger partial charge in [-0.2, -0.15) is 0 Å². The van der Waals surface area contributed by atoms with Gasteiger partial charge < -0.3 is 15.8 Å². The first-order chi connectivity index (χ1) is 9.73. The Morgan fingerprint density at radius 2 is 2.10 bits per heavy atom. The van der Waals surface area contributed by atoms with Gasteiger partial charge in [0.25, 0.3) is 5.91 Å². The second-order valence-electron chi connectivity index (χ2n) is 6.19. The van der Waals surface area contributed by atoms with E-state index in [2.05, 4.69) is 28.2 Å².